The van der Waals surface area contributed by atoms with E-state index in [2.05, 4.69) is 20.7 Å². The highest BCUT2D eigenvalue weighted by atomic mass is 79.9. The van der Waals surface area contributed by atoms with Gasteiger partial charge in [0.15, 0.2) is 0 Å². The van der Waals surface area contributed by atoms with Gasteiger partial charge in [-0.3, -0.25) is 4.72 Å². The van der Waals surface area contributed by atoms with Gasteiger partial charge in [0, 0.05) is 4.47 Å². The molecule has 2 aromatic rings. The van der Waals surface area contributed by atoms with E-state index in [1.165, 1.54) is 12.1 Å². The number of halogens is 2. The monoisotopic (exact) mass is 345 g/mol. The van der Waals surface area contributed by atoms with Gasteiger partial charge in [-0.1, -0.05) is 29.8 Å². The van der Waals surface area contributed by atoms with Crippen LogP contribution in [0.3, 0.4) is 0 Å². The molecule has 0 saturated carbocycles. The molecule has 0 aliphatic rings. The van der Waals surface area contributed by atoms with Crippen LogP contribution in [0, 0.1) is 0 Å². The summed E-state index contributed by atoms with van der Waals surface area (Å²) in [7, 11) is -3.57. The highest BCUT2D eigenvalue weighted by Gasteiger charge is 2.13. The van der Waals surface area contributed by atoms with Gasteiger partial charge in [-0.05, 0) is 46.3 Å². The largest absolute Gasteiger partial charge is 0.280 e. The van der Waals surface area contributed by atoms with Gasteiger partial charge in [-0.25, -0.2) is 8.42 Å². The van der Waals surface area contributed by atoms with Gasteiger partial charge in [0.2, 0.25) is 0 Å². The average molecular weight is 347 g/mol. The first-order valence-corrected chi connectivity index (χ1v) is 7.67. The van der Waals surface area contributed by atoms with E-state index in [-0.39, 0.29) is 4.90 Å². The average Bonchev–Trinajstić information content (AvgIpc) is 2.35. The van der Waals surface area contributed by atoms with E-state index in [9.17, 15) is 8.42 Å². The minimum Gasteiger partial charge on any atom is -0.280 e. The van der Waals surface area contributed by atoms with Crippen molar-refractivity contribution >= 4 is 43.2 Å². The van der Waals surface area contributed by atoms with Gasteiger partial charge in [0.05, 0.1) is 15.6 Å². The summed E-state index contributed by atoms with van der Waals surface area (Å²) in [6.45, 7) is 0. The second-order valence-corrected chi connectivity index (χ2v) is 6.49. The molecule has 0 aliphatic carbocycles. The molecule has 0 saturated heterocycles. The molecule has 18 heavy (non-hydrogen) atoms. The third kappa shape index (κ3) is 3.04. The lowest BCUT2D eigenvalue weighted by Gasteiger charge is -2.08. The van der Waals surface area contributed by atoms with E-state index in [1.807, 2.05) is 0 Å². The van der Waals surface area contributed by atoms with Crippen molar-refractivity contribution in [1.29, 1.82) is 0 Å². The van der Waals surface area contributed by atoms with Crippen molar-refractivity contribution in [1.82, 2.24) is 0 Å². The summed E-state index contributed by atoms with van der Waals surface area (Å²) < 4.78 is 27.2. The highest BCUT2D eigenvalue weighted by molar-refractivity contribution is 9.10. The molecule has 0 radical (unpaired) electrons. The number of benzene rings is 2. The molecule has 1 N–H and O–H groups in total. The summed E-state index contributed by atoms with van der Waals surface area (Å²) in [6, 6.07) is 13.0. The van der Waals surface area contributed by atoms with E-state index in [4.69, 9.17) is 11.6 Å². The minimum absolute atomic E-state index is 0.212. The fraction of sp³-hybridized carbons (Fsp3) is 0. The van der Waals surface area contributed by atoms with Crippen LogP contribution in [0.25, 0.3) is 0 Å². The number of anilines is 1. The van der Waals surface area contributed by atoms with E-state index in [1.54, 1.807) is 36.4 Å². The Bertz CT molecular complexity index is 659. The summed E-state index contributed by atoms with van der Waals surface area (Å²) in [5.74, 6) is 0. The first kappa shape index (κ1) is 13.4. The van der Waals surface area contributed by atoms with E-state index in [0.29, 0.717) is 15.2 Å². The lowest BCUT2D eigenvalue weighted by Crippen LogP contribution is -2.12. The number of hydrogen-bond donors (Lipinski definition) is 1. The van der Waals surface area contributed by atoms with Crippen molar-refractivity contribution in [3.05, 3.63) is 58.0 Å². The normalized spacial score (nSPS) is 11.2. The first-order chi connectivity index (χ1) is 8.49. The number of nitrogens with one attached hydrogen (secondary N) is 1. The molecule has 3 nitrogen and oxygen atoms in total. The van der Waals surface area contributed by atoms with Gasteiger partial charge in [0.1, 0.15) is 0 Å². The highest BCUT2D eigenvalue weighted by Crippen LogP contribution is 2.26. The van der Waals surface area contributed by atoms with Crippen LogP contribution in [0.15, 0.2) is 57.9 Å². The van der Waals surface area contributed by atoms with Crippen LogP contribution in [0.4, 0.5) is 5.69 Å². The van der Waals surface area contributed by atoms with Crippen molar-refractivity contribution < 1.29 is 8.42 Å². The molecular formula is C12H9BrClNO2S. The summed E-state index contributed by atoms with van der Waals surface area (Å²) in [5, 5.41) is 0.447. The SMILES string of the molecule is O=S(=O)(Nc1ccc(Br)c(Cl)c1)c1ccccc1. The smallest absolute Gasteiger partial charge is 0.261 e. The van der Waals surface area contributed by atoms with Crippen LogP contribution in [0.1, 0.15) is 0 Å². The zero-order valence-corrected chi connectivity index (χ0v) is 12.3. The molecule has 2 rings (SSSR count). The molecule has 0 amide bonds. The standard InChI is InChI=1S/C12H9BrClNO2S/c13-11-7-6-9(8-12(11)14)15-18(16,17)10-4-2-1-3-5-10/h1-8,15H. The van der Waals surface area contributed by atoms with Gasteiger partial charge >= 0.3 is 0 Å². The zero-order valence-electron chi connectivity index (χ0n) is 9.10. The molecule has 0 fully saturated rings. The van der Waals surface area contributed by atoms with E-state index < -0.39 is 10.0 Å². The lowest BCUT2D eigenvalue weighted by atomic mass is 10.3. The molecule has 0 heterocycles. The van der Waals surface area contributed by atoms with Gasteiger partial charge in [-0.2, -0.15) is 0 Å². The van der Waals surface area contributed by atoms with E-state index >= 15 is 0 Å². The number of hydrogen-bond acceptors (Lipinski definition) is 2. The third-order valence-electron chi connectivity index (χ3n) is 2.23. The van der Waals surface area contributed by atoms with Crippen LogP contribution < -0.4 is 4.72 Å². The summed E-state index contributed by atoms with van der Waals surface area (Å²) >= 11 is 9.15. The molecule has 6 heteroatoms. The van der Waals surface area contributed by atoms with Crippen molar-refractivity contribution in [2.24, 2.45) is 0 Å². The molecular weight excluding hydrogens is 338 g/mol. The second-order valence-electron chi connectivity index (χ2n) is 3.55. The maximum atomic E-state index is 12.0. The molecule has 94 valence electrons. The molecule has 0 spiro atoms. The molecule has 0 atom stereocenters. The fourth-order valence-electron chi connectivity index (χ4n) is 1.37. The Morgan fingerprint density at radius 3 is 2.33 bits per heavy atom. The van der Waals surface area contributed by atoms with Crippen molar-refractivity contribution in [2.75, 3.05) is 4.72 Å². The van der Waals surface area contributed by atoms with Gasteiger partial charge < -0.3 is 0 Å². The lowest BCUT2D eigenvalue weighted by molar-refractivity contribution is 0.601. The maximum Gasteiger partial charge on any atom is 0.261 e. The van der Waals surface area contributed by atoms with Crippen LogP contribution in [0.2, 0.25) is 5.02 Å². The Morgan fingerprint density at radius 1 is 1.06 bits per heavy atom. The number of rotatable bonds is 3. The molecule has 0 aliphatic heterocycles. The molecule has 0 aromatic heterocycles. The second kappa shape index (κ2) is 5.30. The van der Waals surface area contributed by atoms with E-state index in [0.717, 1.165) is 0 Å². The van der Waals surface area contributed by atoms with Crippen LogP contribution in [-0.4, -0.2) is 8.42 Å². The van der Waals surface area contributed by atoms with Crippen LogP contribution >= 0.6 is 27.5 Å². The summed E-state index contributed by atoms with van der Waals surface area (Å²) in [4.78, 5) is 0.212. The predicted octanol–water partition coefficient (Wildman–Crippen LogP) is 3.90. The Balaban J connectivity index is 2.31. The van der Waals surface area contributed by atoms with Gasteiger partial charge in [-0.15, -0.1) is 0 Å². The third-order valence-corrected chi connectivity index (χ3v) is 4.86. The fourth-order valence-corrected chi connectivity index (χ4v) is 2.87. The Hall–Kier alpha value is -1.04. The Morgan fingerprint density at radius 2 is 1.72 bits per heavy atom. The number of sulfonamides is 1. The molecule has 0 unspecified atom stereocenters. The quantitative estimate of drug-likeness (QED) is 0.916. The van der Waals surface area contributed by atoms with Crippen LogP contribution in [0.5, 0.6) is 0 Å². The predicted molar refractivity (Wildman–Crippen MR) is 76.4 cm³/mol. The van der Waals surface area contributed by atoms with Crippen molar-refractivity contribution in [3.8, 4) is 0 Å². The topological polar surface area (TPSA) is 46.2 Å². The Labute approximate surface area is 119 Å². The zero-order chi connectivity index (χ0) is 13.2. The first-order valence-electron chi connectivity index (χ1n) is 5.02. The van der Waals surface area contributed by atoms with Crippen LogP contribution in [-0.2, 0) is 10.0 Å². The molecule has 0 bridgehead atoms. The maximum absolute atomic E-state index is 12.0. The van der Waals surface area contributed by atoms with Crippen molar-refractivity contribution in [3.63, 3.8) is 0 Å². The summed E-state index contributed by atoms with van der Waals surface area (Å²) in [5.41, 5.74) is 0.423. The van der Waals surface area contributed by atoms with Crippen molar-refractivity contribution in [2.45, 2.75) is 4.90 Å². The minimum atomic E-state index is -3.57. The molecule has 2 aromatic carbocycles. The summed E-state index contributed by atoms with van der Waals surface area (Å²) in [6.07, 6.45) is 0. The van der Waals surface area contributed by atoms with Gasteiger partial charge in [0.25, 0.3) is 10.0 Å². The Kier molecular flexibility index (Phi) is 3.94.